The molecule has 20 heavy (non-hydrogen) atoms. The highest BCUT2D eigenvalue weighted by Crippen LogP contribution is 2.25. The highest BCUT2D eigenvalue weighted by molar-refractivity contribution is 9.10. The van der Waals surface area contributed by atoms with E-state index in [0.717, 1.165) is 16.8 Å². The van der Waals surface area contributed by atoms with E-state index in [0.29, 0.717) is 6.54 Å². The molecule has 0 radical (unpaired) electrons. The second kappa shape index (κ2) is 8.27. The molecule has 0 bridgehead atoms. The van der Waals surface area contributed by atoms with Crippen LogP contribution in [0.1, 0.15) is 19.4 Å². The van der Waals surface area contributed by atoms with Gasteiger partial charge >= 0.3 is 0 Å². The summed E-state index contributed by atoms with van der Waals surface area (Å²) in [6.45, 7) is 8.07. The zero-order valence-electron chi connectivity index (χ0n) is 12.6. The van der Waals surface area contributed by atoms with Crippen molar-refractivity contribution in [3.8, 4) is 5.75 Å². The molecular formula is C15H24BrNO2S. The zero-order valence-corrected chi connectivity index (χ0v) is 15.0. The van der Waals surface area contributed by atoms with Gasteiger partial charge in [0, 0.05) is 17.8 Å². The quantitative estimate of drug-likeness (QED) is 0.745. The van der Waals surface area contributed by atoms with E-state index >= 15 is 0 Å². The van der Waals surface area contributed by atoms with E-state index in [1.54, 1.807) is 0 Å². The van der Waals surface area contributed by atoms with Crippen LogP contribution in [0.2, 0.25) is 0 Å². The molecule has 0 aliphatic carbocycles. The predicted octanol–water partition coefficient (Wildman–Crippen LogP) is 3.23. The molecular weight excluding hydrogens is 338 g/mol. The number of aliphatic hydroxyl groups is 1. The fraction of sp³-hybridized carbons (Fsp3) is 0.600. The van der Waals surface area contributed by atoms with Crippen LogP contribution in [0, 0.1) is 6.92 Å². The van der Waals surface area contributed by atoms with Crippen molar-refractivity contribution < 1.29 is 9.84 Å². The van der Waals surface area contributed by atoms with Crippen molar-refractivity contribution in [3.63, 3.8) is 0 Å². The van der Waals surface area contributed by atoms with Gasteiger partial charge in [0.15, 0.2) is 0 Å². The molecule has 1 rings (SSSR count). The second-order valence-electron chi connectivity index (χ2n) is 5.49. The molecule has 0 amide bonds. The Hall–Kier alpha value is -0.230. The van der Waals surface area contributed by atoms with E-state index in [9.17, 15) is 5.11 Å². The molecule has 0 aliphatic heterocycles. The van der Waals surface area contributed by atoms with Crippen LogP contribution in [-0.4, -0.2) is 41.9 Å². The highest BCUT2D eigenvalue weighted by Gasteiger charge is 2.16. The predicted molar refractivity (Wildman–Crippen MR) is 90.8 cm³/mol. The molecule has 0 saturated carbocycles. The lowest BCUT2D eigenvalue weighted by atomic mass is 10.2. The molecule has 1 aromatic rings. The zero-order chi connectivity index (χ0) is 15.2. The Kier molecular flexibility index (Phi) is 7.37. The molecule has 0 heterocycles. The first-order valence-electron chi connectivity index (χ1n) is 6.67. The van der Waals surface area contributed by atoms with Crippen molar-refractivity contribution in [1.29, 1.82) is 0 Å². The van der Waals surface area contributed by atoms with Crippen molar-refractivity contribution in [2.24, 2.45) is 0 Å². The topological polar surface area (TPSA) is 41.5 Å². The summed E-state index contributed by atoms with van der Waals surface area (Å²) in [6, 6.07) is 5.91. The van der Waals surface area contributed by atoms with Crippen LogP contribution >= 0.6 is 27.7 Å². The number of nitrogens with one attached hydrogen (secondary N) is 1. The molecule has 5 heteroatoms. The normalized spacial score (nSPS) is 13.3. The molecule has 114 valence electrons. The second-order valence-corrected chi connectivity index (χ2v) is 7.86. The van der Waals surface area contributed by atoms with Gasteiger partial charge < -0.3 is 15.2 Å². The Morgan fingerprint density at radius 2 is 2.15 bits per heavy atom. The fourth-order valence-electron chi connectivity index (χ4n) is 1.58. The summed E-state index contributed by atoms with van der Waals surface area (Å²) < 4.78 is 6.72. The lowest BCUT2D eigenvalue weighted by Gasteiger charge is -2.23. The SMILES string of the molecule is CSC(C)(C)CNCC(O)COc1ccc(C)cc1Br. The van der Waals surface area contributed by atoms with Crippen molar-refractivity contribution >= 4 is 27.7 Å². The maximum Gasteiger partial charge on any atom is 0.133 e. The maximum absolute atomic E-state index is 9.92. The number of aryl methyl sites for hydroxylation is 1. The van der Waals surface area contributed by atoms with E-state index in [2.05, 4.69) is 41.3 Å². The minimum Gasteiger partial charge on any atom is -0.490 e. The Bertz CT molecular complexity index is 426. The fourth-order valence-corrected chi connectivity index (χ4v) is 2.43. The average Bonchev–Trinajstić information content (AvgIpc) is 2.37. The van der Waals surface area contributed by atoms with E-state index in [-0.39, 0.29) is 11.4 Å². The van der Waals surface area contributed by atoms with Gasteiger partial charge in [-0.3, -0.25) is 0 Å². The number of hydrogen-bond donors (Lipinski definition) is 2. The van der Waals surface area contributed by atoms with Crippen LogP contribution in [0.5, 0.6) is 5.75 Å². The molecule has 3 nitrogen and oxygen atoms in total. The van der Waals surface area contributed by atoms with E-state index < -0.39 is 6.10 Å². The first-order valence-corrected chi connectivity index (χ1v) is 8.69. The van der Waals surface area contributed by atoms with Crippen LogP contribution in [-0.2, 0) is 0 Å². The van der Waals surface area contributed by atoms with Crippen molar-refractivity contribution in [1.82, 2.24) is 5.32 Å². The van der Waals surface area contributed by atoms with E-state index in [4.69, 9.17) is 4.74 Å². The summed E-state index contributed by atoms with van der Waals surface area (Å²) in [4.78, 5) is 0. The molecule has 0 aromatic heterocycles. The number of thioether (sulfide) groups is 1. The smallest absolute Gasteiger partial charge is 0.133 e. The number of benzene rings is 1. The van der Waals surface area contributed by atoms with Gasteiger partial charge in [-0.1, -0.05) is 6.07 Å². The summed E-state index contributed by atoms with van der Waals surface area (Å²) in [6.07, 6.45) is 1.58. The lowest BCUT2D eigenvalue weighted by molar-refractivity contribution is 0.106. The minimum atomic E-state index is -0.513. The van der Waals surface area contributed by atoms with Crippen molar-refractivity contribution in [2.45, 2.75) is 31.6 Å². The minimum absolute atomic E-state index is 0.181. The Labute approximate surface area is 134 Å². The van der Waals surface area contributed by atoms with E-state index in [1.165, 1.54) is 5.56 Å². The Morgan fingerprint density at radius 1 is 1.45 bits per heavy atom. The van der Waals surface area contributed by atoms with Gasteiger partial charge in [-0.05, 0) is 60.7 Å². The van der Waals surface area contributed by atoms with Gasteiger partial charge in [-0.15, -0.1) is 0 Å². The summed E-state index contributed by atoms with van der Waals surface area (Å²) >= 11 is 5.27. The maximum atomic E-state index is 9.92. The van der Waals surface area contributed by atoms with Crippen LogP contribution in [0.25, 0.3) is 0 Å². The van der Waals surface area contributed by atoms with Crippen LogP contribution in [0.3, 0.4) is 0 Å². The molecule has 1 unspecified atom stereocenters. The summed E-state index contributed by atoms with van der Waals surface area (Å²) in [7, 11) is 0. The summed E-state index contributed by atoms with van der Waals surface area (Å²) in [5, 5.41) is 13.2. The van der Waals surface area contributed by atoms with E-state index in [1.807, 2.05) is 36.9 Å². The molecule has 1 atom stereocenters. The summed E-state index contributed by atoms with van der Waals surface area (Å²) in [5.74, 6) is 0.763. The molecule has 0 aliphatic rings. The third-order valence-corrected chi connectivity index (χ3v) is 4.87. The molecule has 0 fully saturated rings. The van der Waals surface area contributed by atoms with Gasteiger partial charge in [-0.25, -0.2) is 0 Å². The summed E-state index contributed by atoms with van der Waals surface area (Å²) in [5.41, 5.74) is 1.17. The number of hydrogen-bond acceptors (Lipinski definition) is 4. The first-order chi connectivity index (χ1) is 9.34. The monoisotopic (exact) mass is 361 g/mol. The Balaban J connectivity index is 2.31. The van der Waals surface area contributed by atoms with Crippen LogP contribution < -0.4 is 10.1 Å². The number of aliphatic hydroxyl groups excluding tert-OH is 1. The van der Waals surface area contributed by atoms with Crippen molar-refractivity contribution in [2.75, 3.05) is 26.0 Å². The molecule has 0 saturated heterocycles. The number of rotatable bonds is 8. The van der Waals surface area contributed by atoms with Gasteiger partial charge in [-0.2, -0.15) is 11.8 Å². The lowest BCUT2D eigenvalue weighted by Crippen LogP contribution is -2.38. The molecule has 2 N–H and O–H groups in total. The van der Waals surface area contributed by atoms with Gasteiger partial charge in [0.1, 0.15) is 18.5 Å². The van der Waals surface area contributed by atoms with Gasteiger partial charge in [0.25, 0.3) is 0 Å². The van der Waals surface area contributed by atoms with Gasteiger partial charge in [0.05, 0.1) is 4.47 Å². The van der Waals surface area contributed by atoms with Crippen molar-refractivity contribution in [3.05, 3.63) is 28.2 Å². The van der Waals surface area contributed by atoms with Gasteiger partial charge in [0.2, 0.25) is 0 Å². The third-order valence-electron chi connectivity index (χ3n) is 3.00. The first kappa shape index (κ1) is 17.8. The average molecular weight is 362 g/mol. The third kappa shape index (κ3) is 6.48. The molecule has 0 spiro atoms. The Morgan fingerprint density at radius 3 is 2.75 bits per heavy atom. The number of halogens is 1. The largest absolute Gasteiger partial charge is 0.490 e. The number of ether oxygens (including phenoxy) is 1. The highest BCUT2D eigenvalue weighted by atomic mass is 79.9. The molecule has 1 aromatic carbocycles. The standard InChI is InChI=1S/C15H24BrNO2S/c1-11-5-6-14(13(16)7-11)19-9-12(18)8-17-10-15(2,3)20-4/h5-7,12,17-18H,8-10H2,1-4H3. The van der Waals surface area contributed by atoms with Crippen LogP contribution in [0.15, 0.2) is 22.7 Å². The van der Waals surface area contributed by atoms with Crippen LogP contribution in [0.4, 0.5) is 0 Å².